The van der Waals surface area contributed by atoms with Gasteiger partial charge in [-0.1, -0.05) is 6.92 Å². The molecule has 0 bridgehead atoms. The van der Waals surface area contributed by atoms with Gasteiger partial charge in [0.25, 0.3) is 0 Å². The van der Waals surface area contributed by atoms with Crippen LogP contribution in [0.3, 0.4) is 0 Å². The molecule has 0 saturated carbocycles. The summed E-state index contributed by atoms with van der Waals surface area (Å²) in [5, 5.41) is 8.94. The van der Waals surface area contributed by atoms with Crippen LogP contribution in [0, 0.1) is 6.92 Å². The Hall–Kier alpha value is -1.51. The maximum absolute atomic E-state index is 10.9. The molecule has 16 heavy (non-hydrogen) atoms. The van der Waals surface area contributed by atoms with Crippen molar-refractivity contribution in [2.75, 3.05) is 11.9 Å². The normalized spacial score (nSPS) is 12.2. The van der Waals surface area contributed by atoms with Gasteiger partial charge in [0, 0.05) is 18.8 Å². The minimum absolute atomic E-state index is 0.376. The molecule has 0 aliphatic rings. The number of carboxylic acids is 1. The number of hydrogen-bond acceptors (Lipinski definition) is 2. The SMILES string of the molecule is CCC(C)N(C)c1ccc(C(=O)O)c(C)c1. The Balaban J connectivity index is 3.01. The second kappa shape index (κ2) is 5.01. The summed E-state index contributed by atoms with van der Waals surface area (Å²) in [6.07, 6.45) is 1.07. The average molecular weight is 221 g/mol. The number of aromatic carboxylic acids is 1. The summed E-state index contributed by atoms with van der Waals surface area (Å²) < 4.78 is 0. The summed E-state index contributed by atoms with van der Waals surface area (Å²) in [7, 11) is 2.03. The Morgan fingerprint density at radius 2 is 2.12 bits per heavy atom. The molecule has 0 saturated heterocycles. The van der Waals surface area contributed by atoms with Gasteiger partial charge in [0.05, 0.1) is 5.56 Å². The molecule has 0 amide bonds. The Morgan fingerprint density at radius 3 is 2.56 bits per heavy atom. The van der Waals surface area contributed by atoms with Crippen molar-refractivity contribution in [2.45, 2.75) is 33.2 Å². The highest BCUT2D eigenvalue weighted by molar-refractivity contribution is 5.89. The number of carboxylic acid groups (broad SMARTS) is 1. The fourth-order valence-electron chi connectivity index (χ4n) is 1.64. The molecule has 0 aliphatic heterocycles. The Labute approximate surface area is 96.7 Å². The van der Waals surface area contributed by atoms with E-state index in [1.54, 1.807) is 6.07 Å². The molecule has 0 spiro atoms. The molecule has 1 unspecified atom stereocenters. The van der Waals surface area contributed by atoms with E-state index in [0.717, 1.165) is 17.7 Å². The lowest BCUT2D eigenvalue weighted by molar-refractivity contribution is 0.0696. The first kappa shape index (κ1) is 12.6. The monoisotopic (exact) mass is 221 g/mol. The van der Waals surface area contributed by atoms with E-state index >= 15 is 0 Å². The van der Waals surface area contributed by atoms with Crippen LogP contribution in [0.25, 0.3) is 0 Å². The van der Waals surface area contributed by atoms with Gasteiger partial charge in [0.1, 0.15) is 0 Å². The molecule has 3 nitrogen and oxygen atoms in total. The minimum atomic E-state index is -0.866. The summed E-state index contributed by atoms with van der Waals surface area (Å²) >= 11 is 0. The maximum Gasteiger partial charge on any atom is 0.335 e. The number of rotatable bonds is 4. The second-order valence-electron chi connectivity index (χ2n) is 4.17. The topological polar surface area (TPSA) is 40.5 Å². The third-order valence-electron chi connectivity index (χ3n) is 3.10. The zero-order valence-electron chi connectivity index (χ0n) is 10.3. The van der Waals surface area contributed by atoms with E-state index in [-0.39, 0.29) is 0 Å². The summed E-state index contributed by atoms with van der Waals surface area (Å²) in [4.78, 5) is 13.0. The third kappa shape index (κ3) is 2.54. The number of aryl methyl sites for hydroxylation is 1. The van der Waals surface area contributed by atoms with Crippen molar-refractivity contribution in [1.29, 1.82) is 0 Å². The largest absolute Gasteiger partial charge is 0.478 e. The molecule has 1 rings (SSSR count). The van der Waals surface area contributed by atoms with E-state index in [1.165, 1.54) is 0 Å². The first-order chi connectivity index (χ1) is 7.47. The molecule has 0 radical (unpaired) electrons. The van der Waals surface area contributed by atoms with Gasteiger partial charge in [0.15, 0.2) is 0 Å². The molecule has 88 valence electrons. The van der Waals surface area contributed by atoms with Gasteiger partial charge in [-0.25, -0.2) is 4.79 Å². The Morgan fingerprint density at radius 1 is 1.50 bits per heavy atom. The number of hydrogen-bond donors (Lipinski definition) is 1. The van der Waals surface area contributed by atoms with Gasteiger partial charge < -0.3 is 10.0 Å². The molecular formula is C13H19NO2. The molecule has 1 atom stereocenters. The molecular weight excluding hydrogens is 202 g/mol. The van der Waals surface area contributed by atoms with Crippen molar-refractivity contribution in [3.05, 3.63) is 29.3 Å². The molecule has 1 aromatic rings. The molecule has 0 fully saturated rings. The van der Waals surface area contributed by atoms with Gasteiger partial charge >= 0.3 is 5.97 Å². The first-order valence-corrected chi connectivity index (χ1v) is 5.54. The Kier molecular flexibility index (Phi) is 3.93. The Bertz CT molecular complexity index is 388. The van der Waals surface area contributed by atoms with Gasteiger partial charge in [-0.2, -0.15) is 0 Å². The van der Waals surface area contributed by atoms with Crippen LogP contribution in [-0.4, -0.2) is 24.2 Å². The van der Waals surface area contributed by atoms with E-state index in [9.17, 15) is 4.79 Å². The molecule has 3 heteroatoms. The molecule has 0 heterocycles. The van der Waals surface area contributed by atoms with Crippen LogP contribution in [-0.2, 0) is 0 Å². The first-order valence-electron chi connectivity index (χ1n) is 5.54. The predicted octanol–water partition coefficient (Wildman–Crippen LogP) is 2.93. The van der Waals surface area contributed by atoms with E-state index in [0.29, 0.717) is 11.6 Å². The third-order valence-corrected chi connectivity index (χ3v) is 3.10. The van der Waals surface area contributed by atoms with Crippen molar-refractivity contribution in [3.63, 3.8) is 0 Å². The number of carbonyl (C=O) groups is 1. The number of anilines is 1. The minimum Gasteiger partial charge on any atom is -0.478 e. The summed E-state index contributed by atoms with van der Waals surface area (Å²) in [5.41, 5.74) is 2.25. The number of benzene rings is 1. The molecule has 0 aliphatic carbocycles. The lowest BCUT2D eigenvalue weighted by Crippen LogP contribution is -2.28. The van der Waals surface area contributed by atoms with Crippen molar-refractivity contribution in [3.8, 4) is 0 Å². The fraction of sp³-hybridized carbons (Fsp3) is 0.462. The highest BCUT2D eigenvalue weighted by atomic mass is 16.4. The fourth-order valence-corrected chi connectivity index (χ4v) is 1.64. The van der Waals surface area contributed by atoms with Gasteiger partial charge in [-0.3, -0.25) is 0 Å². The van der Waals surface area contributed by atoms with Crippen LogP contribution in [0.2, 0.25) is 0 Å². The summed E-state index contributed by atoms with van der Waals surface area (Å²) in [5.74, 6) is -0.866. The lowest BCUT2D eigenvalue weighted by atomic mass is 10.1. The van der Waals surface area contributed by atoms with Crippen LogP contribution >= 0.6 is 0 Å². The van der Waals surface area contributed by atoms with Crippen LogP contribution in [0.15, 0.2) is 18.2 Å². The lowest BCUT2D eigenvalue weighted by Gasteiger charge is -2.26. The van der Waals surface area contributed by atoms with E-state index in [2.05, 4.69) is 18.7 Å². The van der Waals surface area contributed by atoms with Gasteiger partial charge in [-0.05, 0) is 44.0 Å². The highest BCUT2D eigenvalue weighted by Gasteiger charge is 2.11. The highest BCUT2D eigenvalue weighted by Crippen LogP contribution is 2.20. The van der Waals surface area contributed by atoms with Crippen LogP contribution in [0.1, 0.15) is 36.2 Å². The van der Waals surface area contributed by atoms with Crippen molar-refractivity contribution < 1.29 is 9.90 Å². The maximum atomic E-state index is 10.9. The van der Waals surface area contributed by atoms with E-state index in [4.69, 9.17) is 5.11 Å². The van der Waals surface area contributed by atoms with Crippen LogP contribution in [0.4, 0.5) is 5.69 Å². The standard InChI is InChI=1S/C13H19NO2/c1-5-10(3)14(4)11-6-7-12(13(15)16)9(2)8-11/h6-8,10H,5H2,1-4H3,(H,15,16). The zero-order valence-corrected chi connectivity index (χ0v) is 10.3. The van der Waals surface area contributed by atoms with E-state index in [1.807, 2.05) is 26.1 Å². The van der Waals surface area contributed by atoms with Crippen LogP contribution < -0.4 is 4.90 Å². The van der Waals surface area contributed by atoms with Gasteiger partial charge in [0.2, 0.25) is 0 Å². The summed E-state index contributed by atoms with van der Waals surface area (Å²) in [6.45, 7) is 6.12. The quantitative estimate of drug-likeness (QED) is 0.849. The van der Waals surface area contributed by atoms with Crippen LogP contribution in [0.5, 0.6) is 0 Å². The molecule has 1 aromatic carbocycles. The smallest absolute Gasteiger partial charge is 0.335 e. The van der Waals surface area contributed by atoms with E-state index < -0.39 is 5.97 Å². The second-order valence-corrected chi connectivity index (χ2v) is 4.17. The van der Waals surface area contributed by atoms with Crippen molar-refractivity contribution in [2.24, 2.45) is 0 Å². The molecule has 0 aromatic heterocycles. The summed E-state index contributed by atoms with van der Waals surface area (Å²) in [6, 6.07) is 5.92. The number of nitrogens with zero attached hydrogens (tertiary/aromatic N) is 1. The van der Waals surface area contributed by atoms with Crippen molar-refractivity contribution >= 4 is 11.7 Å². The zero-order chi connectivity index (χ0) is 12.3. The van der Waals surface area contributed by atoms with Crippen molar-refractivity contribution in [1.82, 2.24) is 0 Å². The average Bonchev–Trinajstić information content (AvgIpc) is 2.26. The molecule has 1 N–H and O–H groups in total. The van der Waals surface area contributed by atoms with Gasteiger partial charge in [-0.15, -0.1) is 0 Å². The predicted molar refractivity (Wildman–Crippen MR) is 66.3 cm³/mol.